The van der Waals surface area contributed by atoms with Crippen LogP contribution in [0.3, 0.4) is 0 Å². The van der Waals surface area contributed by atoms with Crippen molar-refractivity contribution in [2.75, 3.05) is 24.1 Å². The highest BCUT2D eigenvalue weighted by Crippen LogP contribution is 2.47. The van der Waals surface area contributed by atoms with Crippen molar-refractivity contribution in [3.63, 3.8) is 0 Å². The topological polar surface area (TPSA) is 6.25 Å². The molecule has 3 aliphatic rings. The van der Waals surface area contributed by atoms with Gasteiger partial charge in [0, 0.05) is 46.6 Å². The van der Waals surface area contributed by atoms with E-state index >= 15 is 0 Å². The van der Waals surface area contributed by atoms with Gasteiger partial charge in [-0.25, -0.2) is 0 Å². The van der Waals surface area contributed by atoms with Gasteiger partial charge in [0.15, 0.2) is 11.6 Å². The van der Waals surface area contributed by atoms with Crippen LogP contribution in [0, 0.1) is 0 Å². The first-order chi connectivity index (χ1) is 17.7. The molecule has 37 heavy (non-hydrogen) atoms. The Labute approximate surface area is 232 Å². The van der Waals surface area contributed by atoms with Gasteiger partial charge in [0.2, 0.25) is 5.69 Å². The Balaban J connectivity index is 1.48. The first-order valence-electron chi connectivity index (χ1n) is 13.2. The number of thioether (sulfide) groups is 1. The smallest absolute Gasteiger partial charge is 0.210 e. The van der Waals surface area contributed by atoms with E-state index in [9.17, 15) is 0 Å². The number of rotatable bonds is 5. The first-order valence-corrected chi connectivity index (χ1v) is 15.0. The van der Waals surface area contributed by atoms with E-state index < -0.39 is 0 Å². The van der Waals surface area contributed by atoms with E-state index in [1.54, 1.807) is 0 Å². The van der Waals surface area contributed by atoms with Gasteiger partial charge in [-0.1, -0.05) is 85.8 Å². The third kappa shape index (κ3) is 4.45. The SMILES string of the molecule is CSC[N+]1=C(/C=C/C2=C(Cl)C(=C/C=C3/N(C)c4ccccc4C3(C)C)/CCC2)C(C)(C)c2ccccc21. The van der Waals surface area contributed by atoms with Gasteiger partial charge < -0.3 is 4.90 Å². The number of fused-ring (bicyclic) bond motifs is 2. The van der Waals surface area contributed by atoms with Crippen molar-refractivity contribution < 1.29 is 4.58 Å². The summed E-state index contributed by atoms with van der Waals surface area (Å²) in [7, 11) is 2.17. The van der Waals surface area contributed by atoms with Gasteiger partial charge in [-0.05, 0) is 68.2 Å². The van der Waals surface area contributed by atoms with Crippen LogP contribution < -0.4 is 4.90 Å². The molecule has 1 aliphatic carbocycles. The van der Waals surface area contributed by atoms with Crippen LogP contribution in [-0.4, -0.2) is 29.5 Å². The van der Waals surface area contributed by atoms with Crippen LogP contribution in [0.15, 0.2) is 94.7 Å². The summed E-state index contributed by atoms with van der Waals surface area (Å²) < 4.78 is 2.46. The molecule has 0 fully saturated rings. The maximum atomic E-state index is 7.06. The second-order valence-electron chi connectivity index (χ2n) is 11.3. The number of para-hydroxylation sites is 2. The van der Waals surface area contributed by atoms with E-state index in [-0.39, 0.29) is 10.8 Å². The average molecular weight is 530 g/mol. The maximum absolute atomic E-state index is 7.06. The predicted octanol–water partition coefficient (Wildman–Crippen LogP) is 8.85. The van der Waals surface area contributed by atoms with Gasteiger partial charge in [0.05, 0.1) is 5.41 Å². The van der Waals surface area contributed by atoms with Gasteiger partial charge in [-0.15, -0.1) is 0 Å². The van der Waals surface area contributed by atoms with E-state index in [2.05, 4.69) is 123 Å². The monoisotopic (exact) mass is 529 g/mol. The molecular formula is C33H38ClN2S+. The lowest BCUT2D eigenvalue weighted by Gasteiger charge is -2.24. The highest BCUT2D eigenvalue weighted by molar-refractivity contribution is 7.98. The number of benzene rings is 2. The van der Waals surface area contributed by atoms with Crippen molar-refractivity contribution in [2.24, 2.45) is 0 Å². The summed E-state index contributed by atoms with van der Waals surface area (Å²) in [4.78, 5) is 2.32. The number of allylic oxidation sites excluding steroid dienone is 8. The van der Waals surface area contributed by atoms with Crippen LogP contribution in [0.1, 0.15) is 58.1 Å². The van der Waals surface area contributed by atoms with E-state index in [4.69, 9.17) is 11.6 Å². The summed E-state index contributed by atoms with van der Waals surface area (Å²) in [6.45, 7) is 9.28. The Morgan fingerprint density at radius 1 is 0.919 bits per heavy atom. The molecule has 0 amide bonds. The Bertz CT molecular complexity index is 1390. The zero-order valence-electron chi connectivity index (χ0n) is 22.9. The number of anilines is 1. The fourth-order valence-electron chi connectivity index (χ4n) is 6.28. The lowest BCUT2D eigenvalue weighted by Crippen LogP contribution is -2.27. The quantitative estimate of drug-likeness (QED) is 0.357. The molecule has 2 aromatic rings. The van der Waals surface area contributed by atoms with E-state index in [1.807, 2.05) is 11.8 Å². The second kappa shape index (κ2) is 10.0. The van der Waals surface area contributed by atoms with Crippen molar-refractivity contribution in [3.8, 4) is 0 Å². The van der Waals surface area contributed by atoms with Crippen LogP contribution >= 0.6 is 23.4 Å². The number of nitrogens with zero attached hydrogens (tertiary/aromatic N) is 2. The van der Waals surface area contributed by atoms with Gasteiger partial charge in [0.25, 0.3) is 0 Å². The van der Waals surface area contributed by atoms with Crippen LogP contribution in [-0.2, 0) is 10.8 Å². The molecule has 2 heterocycles. The zero-order valence-corrected chi connectivity index (χ0v) is 24.5. The van der Waals surface area contributed by atoms with Crippen molar-refractivity contribution in [1.82, 2.24) is 0 Å². The molecule has 5 rings (SSSR count). The molecule has 0 atom stereocenters. The third-order valence-electron chi connectivity index (χ3n) is 8.34. The third-order valence-corrected chi connectivity index (χ3v) is 9.34. The van der Waals surface area contributed by atoms with Crippen LogP contribution in [0.2, 0.25) is 0 Å². The molecule has 2 nitrogen and oxygen atoms in total. The summed E-state index contributed by atoms with van der Waals surface area (Å²) in [5.41, 5.74) is 10.4. The fourth-order valence-corrected chi connectivity index (χ4v) is 7.13. The largest absolute Gasteiger partial charge is 0.347 e. The minimum absolute atomic E-state index is 0.0313. The number of halogens is 1. The highest BCUT2D eigenvalue weighted by atomic mass is 35.5. The summed E-state index contributed by atoms with van der Waals surface area (Å²) in [6.07, 6.45) is 14.5. The molecule has 2 aromatic carbocycles. The molecule has 0 aromatic heterocycles. The summed E-state index contributed by atoms with van der Waals surface area (Å²) >= 11 is 8.92. The van der Waals surface area contributed by atoms with Gasteiger partial charge >= 0.3 is 0 Å². The lowest BCUT2D eigenvalue weighted by molar-refractivity contribution is -0.412. The molecule has 0 saturated carbocycles. The zero-order chi connectivity index (χ0) is 26.4. The van der Waals surface area contributed by atoms with Crippen molar-refractivity contribution in [3.05, 3.63) is 106 Å². The summed E-state index contributed by atoms with van der Waals surface area (Å²) in [5.74, 6) is 0.942. The molecule has 0 unspecified atom stereocenters. The van der Waals surface area contributed by atoms with E-state index in [0.717, 1.165) is 30.2 Å². The highest BCUT2D eigenvalue weighted by Gasteiger charge is 2.44. The molecular weight excluding hydrogens is 492 g/mol. The summed E-state index contributed by atoms with van der Waals surface area (Å²) in [6, 6.07) is 17.5. The van der Waals surface area contributed by atoms with Crippen LogP contribution in [0.4, 0.5) is 11.4 Å². The molecule has 4 heteroatoms. The minimum atomic E-state index is -0.0404. The van der Waals surface area contributed by atoms with Gasteiger partial charge in [-0.2, -0.15) is 4.58 Å². The van der Waals surface area contributed by atoms with Crippen molar-refractivity contribution in [1.29, 1.82) is 0 Å². The van der Waals surface area contributed by atoms with E-state index in [1.165, 1.54) is 45.1 Å². The van der Waals surface area contributed by atoms with Crippen molar-refractivity contribution >= 4 is 40.4 Å². The minimum Gasteiger partial charge on any atom is -0.347 e. The Kier molecular flexibility index (Phi) is 7.06. The molecule has 0 spiro atoms. The molecule has 0 saturated heterocycles. The van der Waals surface area contributed by atoms with Crippen LogP contribution in [0.5, 0.6) is 0 Å². The van der Waals surface area contributed by atoms with Gasteiger partial charge in [-0.3, -0.25) is 0 Å². The standard InChI is InChI=1S/C33H38ClN2S/c1-32(2)25-14-7-9-16-27(25)35(5)29(32)20-18-23-12-11-13-24(31(23)34)19-21-30-33(3,4)26-15-8-10-17-28(26)36(30)22-37-6/h7-10,14-21H,11-13,22H2,1-6H3/q+1. The number of likely N-dealkylation sites (N-methyl/N-ethyl adjacent to an activating group) is 1. The normalized spacial score (nSPS) is 22.5. The fraction of sp³-hybridized carbons (Fsp3) is 0.364. The van der Waals surface area contributed by atoms with Gasteiger partial charge in [0.1, 0.15) is 0 Å². The maximum Gasteiger partial charge on any atom is 0.210 e. The predicted molar refractivity (Wildman–Crippen MR) is 163 cm³/mol. The molecule has 192 valence electrons. The average Bonchev–Trinajstić information content (AvgIpc) is 3.22. The Morgan fingerprint density at radius 2 is 1.62 bits per heavy atom. The molecule has 2 aliphatic heterocycles. The molecule has 0 bridgehead atoms. The Morgan fingerprint density at radius 3 is 2.35 bits per heavy atom. The first kappa shape index (κ1) is 26.1. The number of hydrogen-bond donors (Lipinski definition) is 0. The van der Waals surface area contributed by atoms with Crippen molar-refractivity contribution in [2.45, 2.75) is 57.8 Å². The summed E-state index contributed by atoms with van der Waals surface area (Å²) in [5, 5.41) is 0.917. The Hall–Kier alpha value is -2.49. The lowest BCUT2D eigenvalue weighted by atomic mass is 9.81. The number of hydrogen-bond acceptors (Lipinski definition) is 2. The van der Waals surface area contributed by atoms with Crippen LogP contribution in [0.25, 0.3) is 0 Å². The second-order valence-corrected chi connectivity index (χ2v) is 12.6. The molecule has 0 N–H and O–H groups in total. The van der Waals surface area contributed by atoms with E-state index in [0.29, 0.717) is 0 Å². The molecule has 0 radical (unpaired) electrons.